The highest BCUT2D eigenvalue weighted by atomic mass is 16.6. The number of hydrogen-bond acceptors (Lipinski definition) is 4. The Kier molecular flexibility index (Phi) is 4.38. The lowest BCUT2D eigenvalue weighted by Crippen LogP contribution is -2.31. The maximum absolute atomic E-state index is 12.5. The molecule has 3 rings (SSSR count). The van der Waals surface area contributed by atoms with Gasteiger partial charge in [0, 0.05) is 25.1 Å². The van der Waals surface area contributed by atoms with Crippen LogP contribution in [0.2, 0.25) is 0 Å². The Balaban J connectivity index is 1.65. The highest BCUT2D eigenvalue weighted by Gasteiger charge is 2.27. The minimum atomic E-state index is -0.406. The number of benzene rings is 1. The van der Waals surface area contributed by atoms with Crippen LogP contribution in [0, 0.1) is 16.0 Å². The number of amides is 1. The number of nitrogens with one attached hydrogen (secondary N) is 1. The lowest BCUT2D eigenvalue weighted by atomic mass is 9.93. The lowest BCUT2D eigenvalue weighted by Gasteiger charge is -2.23. The van der Waals surface area contributed by atoms with Crippen LogP contribution in [-0.2, 0) is 11.2 Å². The molecule has 0 radical (unpaired) electrons. The number of nitro groups is 1. The first-order chi connectivity index (χ1) is 10.6. The molecule has 2 heterocycles. The molecule has 118 valence electrons. The average molecular weight is 303 g/mol. The summed E-state index contributed by atoms with van der Waals surface area (Å²) in [5.74, 6) is 0.718. The summed E-state index contributed by atoms with van der Waals surface area (Å²) in [4.78, 5) is 24.7. The summed E-state index contributed by atoms with van der Waals surface area (Å²) in [6.07, 6.45) is 4.51. The van der Waals surface area contributed by atoms with Gasteiger partial charge in [0.1, 0.15) is 0 Å². The highest BCUT2D eigenvalue weighted by molar-refractivity contribution is 5.95. The van der Waals surface area contributed by atoms with Crippen molar-refractivity contribution in [3.8, 4) is 0 Å². The molecule has 0 aliphatic carbocycles. The van der Waals surface area contributed by atoms with Gasteiger partial charge >= 0.3 is 0 Å². The number of fused-ring (bicyclic) bond motifs is 1. The first kappa shape index (κ1) is 15.0. The van der Waals surface area contributed by atoms with Gasteiger partial charge in [0.15, 0.2) is 0 Å². The lowest BCUT2D eigenvalue weighted by molar-refractivity contribution is -0.384. The summed E-state index contributed by atoms with van der Waals surface area (Å²) in [5, 5.41) is 14.2. The summed E-state index contributed by atoms with van der Waals surface area (Å²) in [6, 6.07) is 4.82. The van der Waals surface area contributed by atoms with Crippen LogP contribution < -0.4 is 10.2 Å². The standard InChI is InChI=1S/C16H21N3O3/c20-16(4-1-12-5-8-17-9-6-12)18-10-7-13-2-3-14(19(21)22)11-15(13)18/h2-3,11-12,17H,1,4-10H2. The fraction of sp³-hybridized carbons (Fsp3) is 0.562. The SMILES string of the molecule is O=C(CCC1CCNCC1)N1CCc2ccc([N+](=O)[O-])cc21. The molecule has 6 heteroatoms. The van der Waals surface area contributed by atoms with Crippen molar-refractivity contribution in [1.82, 2.24) is 5.32 Å². The Hall–Kier alpha value is -1.95. The van der Waals surface area contributed by atoms with Gasteiger partial charge in [-0.25, -0.2) is 0 Å². The summed E-state index contributed by atoms with van der Waals surface area (Å²) in [7, 11) is 0. The van der Waals surface area contributed by atoms with E-state index in [0.717, 1.165) is 50.0 Å². The number of hydrogen-bond donors (Lipinski definition) is 1. The first-order valence-electron chi connectivity index (χ1n) is 7.93. The molecular weight excluding hydrogens is 282 g/mol. The highest BCUT2D eigenvalue weighted by Crippen LogP contribution is 2.32. The molecule has 0 spiro atoms. The molecule has 1 amide bonds. The third-order valence-corrected chi connectivity index (χ3v) is 4.70. The van der Waals surface area contributed by atoms with Crippen molar-refractivity contribution in [2.75, 3.05) is 24.5 Å². The van der Waals surface area contributed by atoms with Crippen LogP contribution in [0.1, 0.15) is 31.2 Å². The zero-order valence-electron chi connectivity index (χ0n) is 12.6. The van der Waals surface area contributed by atoms with E-state index in [-0.39, 0.29) is 11.6 Å². The van der Waals surface area contributed by atoms with Crippen molar-refractivity contribution in [3.05, 3.63) is 33.9 Å². The predicted octanol–water partition coefficient (Wildman–Crippen LogP) is 2.26. The molecule has 0 bridgehead atoms. The number of nitro benzene ring substituents is 1. The van der Waals surface area contributed by atoms with Gasteiger partial charge in [-0.15, -0.1) is 0 Å². The first-order valence-corrected chi connectivity index (χ1v) is 7.93. The van der Waals surface area contributed by atoms with E-state index in [2.05, 4.69) is 5.32 Å². The Morgan fingerprint density at radius 2 is 2.14 bits per heavy atom. The average Bonchev–Trinajstić information content (AvgIpc) is 2.96. The smallest absolute Gasteiger partial charge is 0.271 e. The zero-order valence-corrected chi connectivity index (χ0v) is 12.6. The van der Waals surface area contributed by atoms with Crippen LogP contribution in [0.3, 0.4) is 0 Å². The minimum absolute atomic E-state index is 0.0526. The van der Waals surface area contributed by atoms with E-state index in [4.69, 9.17) is 0 Å². The Bertz CT molecular complexity index is 582. The predicted molar refractivity (Wildman–Crippen MR) is 84.0 cm³/mol. The van der Waals surface area contributed by atoms with Crippen LogP contribution >= 0.6 is 0 Å². The van der Waals surface area contributed by atoms with Gasteiger partial charge in [0.05, 0.1) is 10.6 Å². The normalized spacial score (nSPS) is 18.3. The number of rotatable bonds is 4. The van der Waals surface area contributed by atoms with Crippen molar-refractivity contribution < 1.29 is 9.72 Å². The molecule has 1 N–H and O–H groups in total. The fourth-order valence-electron chi connectivity index (χ4n) is 3.37. The van der Waals surface area contributed by atoms with Gasteiger partial charge in [-0.1, -0.05) is 6.07 Å². The molecule has 22 heavy (non-hydrogen) atoms. The van der Waals surface area contributed by atoms with Gasteiger partial charge in [-0.2, -0.15) is 0 Å². The van der Waals surface area contributed by atoms with Crippen LogP contribution in [0.4, 0.5) is 11.4 Å². The molecule has 0 unspecified atom stereocenters. The number of nitrogens with zero attached hydrogens (tertiary/aromatic N) is 2. The second kappa shape index (κ2) is 6.44. The van der Waals surface area contributed by atoms with Crippen LogP contribution in [0.5, 0.6) is 0 Å². The maximum atomic E-state index is 12.5. The molecule has 1 aromatic rings. The van der Waals surface area contributed by atoms with Gasteiger partial charge in [-0.3, -0.25) is 14.9 Å². The Morgan fingerprint density at radius 3 is 2.86 bits per heavy atom. The molecular formula is C16H21N3O3. The zero-order chi connectivity index (χ0) is 15.5. The van der Waals surface area contributed by atoms with Crippen molar-refractivity contribution in [3.63, 3.8) is 0 Å². The summed E-state index contributed by atoms with van der Waals surface area (Å²) in [5.41, 5.74) is 1.81. The van der Waals surface area contributed by atoms with E-state index in [1.54, 1.807) is 11.0 Å². The molecule has 0 aromatic heterocycles. The maximum Gasteiger partial charge on any atom is 0.271 e. The third-order valence-electron chi connectivity index (χ3n) is 4.70. The molecule has 1 fully saturated rings. The van der Waals surface area contributed by atoms with E-state index in [1.807, 2.05) is 0 Å². The third kappa shape index (κ3) is 3.11. The van der Waals surface area contributed by atoms with Crippen molar-refractivity contribution in [2.45, 2.75) is 32.1 Å². The van der Waals surface area contributed by atoms with Crippen molar-refractivity contribution in [2.24, 2.45) is 5.92 Å². The van der Waals surface area contributed by atoms with Gasteiger partial charge in [0.2, 0.25) is 5.91 Å². The summed E-state index contributed by atoms with van der Waals surface area (Å²) in [6.45, 7) is 2.72. The van der Waals surface area contributed by atoms with Gasteiger partial charge in [0.25, 0.3) is 5.69 Å². The quantitative estimate of drug-likeness (QED) is 0.684. The number of carbonyl (C=O) groups is 1. The van der Waals surface area contributed by atoms with E-state index in [9.17, 15) is 14.9 Å². The topological polar surface area (TPSA) is 75.5 Å². The molecule has 2 aliphatic rings. The van der Waals surface area contributed by atoms with Crippen LogP contribution in [0.25, 0.3) is 0 Å². The van der Waals surface area contributed by atoms with Crippen molar-refractivity contribution in [1.29, 1.82) is 0 Å². The van der Waals surface area contributed by atoms with Crippen LogP contribution in [-0.4, -0.2) is 30.5 Å². The number of carbonyl (C=O) groups excluding carboxylic acids is 1. The monoisotopic (exact) mass is 303 g/mol. The largest absolute Gasteiger partial charge is 0.317 e. The van der Waals surface area contributed by atoms with E-state index in [1.165, 1.54) is 12.1 Å². The molecule has 1 saturated heterocycles. The van der Waals surface area contributed by atoms with Crippen molar-refractivity contribution >= 4 is 17.3 Å². The minimum Gasteiger partial charge on any atom is -0.317 e. The Morgan fingerprint density at radius 1 is 1.36 bits per heavy atom. The number of non-ortho nitro benzene ring substituents is 1. The fourth-order valence-corrected chi connectivity index (χ4v) is 3.37. The molecule has 6 nitrogen and oxygen atoms in total. The summed E-state index contributed by atoms with van der Waals surface area (Å²) < 4.78 is 0. The Labute approximate surface area is 129 Å². The second-order valence-electron chi connectivity index (χ2n) is 6.10. The molecule has 1 aromatic carbocycles. The second-order valence-corrected chi connectivity index (χ2v) is 6.10. The van der Waals surface area contributed by atoms with E-state index in [0.29, 0.717) is 18.9 Å². The van der Waals surface area contributed by atoms with E-state index >= 15 is 0 Å². The van der Waals surface area contributed by atoms with E-state index < -0.39 is 4.92 Å². The van der Waals surface area contributed by atoms with Gasteiger partial charge < -0.3 is 10.2 Å². The molecule has 0 atom stereocenters. The van der Waals surface area contributed by atoms with Gasteiger partial charge in [-0.05, 0) is 50.3 Å². The molecule has 0 saturated carbocycles. The molecule has 2 aliphatic heterocycles. The van der Waals surface area contributed by atoms with Crippen LogP contribution in [0.15, 0.2) is 18.2 Å². The number of piperidine rings is 1. The summed E-state index contributed by atoms with van der Waals surface area (Å²) >= 11 is 0. The number of anilines is 1.